The van der Waals surface area contributed by atoms with Gasteiger partial charge in [0.1, 0.15) is 5.01 Å². The zero-order valence-electron chi connectivity index (χ0n) is 16.2. The maximum atomic E-state index is 12.3. The molecule has 2 aromatic carbocycles. The quantitative estimate of drug-likeness (QED) is 0.455. The number of amides is 2. The van der Waals surface area contributed by atoms with Crippen molar-refractivity contribution >= 4 is 39.1 Å². The highest BCUT2D eigenvalue weighted by Crippen LogP contribution is 2.31. The zero-order chi connectivity index (χ0) is 20.2. The summed E-state index contributed by atoms with van der Waals surface area (Å²) >= 11 is 1.33. The van der Waals surface area contributed by atoms with Gasteiger partial charge in [0.2, 0.25) is 5.13 Å². The fourth-order valence-corrected chi connectivity index (χ4v) is 3.90. The van der Waals surface area contributed by atoms with Crippen molar-refractivity contribution in [2.75, 3.05) is 10.6 Å². The van der Waals surface area contributed by atoms with Gasteiger partial charge in [0.05, 0.1) is 5.52 Å². The SMILES string of the molecule is CC(C)Cc1ccc(NC(=O)Nc2nnc(-c3ccnc4ccccc34)s2)cc1. The summed E-state index contributed by atoms with van der Waals surface area (Å²) in [7, 11) is 0. The molecule has 0 aliphatic rings. The predicted molar refractivity (Wildman–Crippen MR) is 118 cm³/mol. The summed E-state index contributed by atoms with van der Waals surface area (Å²) in [5.74, 6) is 0.598. The summed E-state index contributed by atoms with van der Waals surface area (Å²) in [6, 6.07) is 17.3. The van der Waals surface area contributed by atoms with Crippen LogP contribution in [0.2, 0.25) is 0 Å². The van der Waals surface area contributed by atoms with Crippen LogP contribution < -0.4 is 10.6 Å². The number of nitrogens with zero attached hydrogens (tertiary/aromatic N) is 3. The number of carbonyl (C=O) groups is 1. The van der Waals surface area contributed by atoms with Crippen molar-refractivity contribution in [2.45, 2.75) is 20.3 Å². The Hall–Kier alpha value is -3.32. The molecule has 146 valence electrons. The topological polar surface area (TPSA) is 79.8 Å². The van der Waals surface area contributed by atoms with Crippen LogP contribution in [0.3, 0.4) is 0 Å². The average molecular weight is 404 g/mol. The van der Waals surface area contributed by atoms with Gasteiger partial charge < -0.3 is 5.32 Å². The molecule has 2 heterocycles. The van der Waals surface area contributed by atoms with Gasteiger partial charge in [0.15, 0.2) is 0 Å². The molecule has 6 nitrogen and oxygen atoms in total. The van der Waals surface area contributed by atoms with Crippen LogP contribution in [0.4, 0.5) is 15.6 Å². The molecule has 0 aliphatic heterocycles. The van der Waals surface area contributed by atoms with E-state index >= 15 is 0 Å². The molecule has 0 atom stereocenters. The van der Waals surface area contributed by atoms with Gasteiger partial charge in [-0.3, -0.25) is 10.3 Å². The number of hydrogen-bond acceptors (Lipinski definition) is 5. The molecule has 0 spiro atoms. The van der Waals surface area contributed by atoms with Crippen molar-refractivity contribution in [1.82, 2.24) is 15.2 Å². The lowest BCUT2D eigenvalue weighted by Gasteiger charge is -2.08. The van der Waals surface area contributed by atoms with Gasteiger partial charge in [-0.1, -0.05) is 55.5 Å². The van der Waals surface area contributed by atoms with E-state index < -0.39 is 0 Å². The first-order chi connectivity index (χ1) is 14.1. The molecule has 4 rings (SSSR count). The van der Waals surface area contributed by atoms with Gasteiger partial charge >= 0.3 is 6.03 Å². The van der Waals surface area contributed by atoms with E-state index in [-0.39, 0.29) is 6.03 Å². The lowest BCUT2D eigenvalue weighted by Crippen LogP contribution is -2.19. The number of benzene rings is 2. The molecule has 0 bridgehead atoms. The first-order valence-corrected chi connectivity index (χ1v) is 10.2. The molecule has 2 aromatic heterocycles. The average Bonchev–Trinajstić information content (AvgIpc) is 3.16. The second-order valence-corrected chi connectivity index (χ2v) is 8.14. The highest BCUT2D eigenvalue weighted by molar-refractivity contribution is 7.18. The molecule has 29 heavy (non-hydrogen) atoms. The molecule has 7 heteroatoms. The van der Waals surface area contributed by atoms with E-state index in [2.05, 4.69) is 39.7 Å². The summed E-state index contributed by atoms with van der Waals surface area (Å²) in [6.45, 7) is 4.37. The number of anilines is 2. The van der Waals surface area contributed by atoms with Crippen molar-refractivity contribution in [3.05, 3.63) is 66.4 Å². The summed E-state index contributed by atoms with van der Waals surface area (Å²) in [6.07, 6.45) is 2.77. The first-order valence-electron chi connectivity index (χ1n) is 9.43. The number of rotatable bonds is 5. The predicted octanol–water partition coefficient (Wildman–Crippen LogP) is 5.60. The van der Waals surface area contributed by atoms with E-state index in [1.165, 1.54) is 16.9 Å². The molecule has 2 amide bonds. The van der Waals surface area contributed by atoms with Crippen LogP contribution >= 0.6 is 11.3 Å². The number of hydrogen-bond donors (Lipinski definition) is 2. The van der Waals surface area contributed by atoms with Crippen LogP contribution in [0.1, 0.15) is 19.4 Å². The molecule has 0 unspecified atom stereocenters. The Balaban J connectivity index is 1.44. The molecule has 0 saturated heterocycles. The van der Waals surface area contributed by atoms with E-state index in [9.17, 15) is 4.79 Å². The Labute approximate surface area is 173 Å². The fourth-order valence-electron chi connectivity index (χ4n) is 3.12. The van der Waals surface area contributed by atoms with Gasteiger partial charge in [-0.05, 0) is 42.2 Å². The molecular formula is C22H21N5OS. The molecule has 4 aromatic rings. The van der Waals surface area contributed by atoms with Crippen molar-refractivity contribution < 1.29 is 4.79 Å². The maximum Gasteiger partial charge on any atom is 0.325 e. The second-order valence-electron chi connectivity index (χ2n) is 7.16. The minimum Gasteiger partial charge on any atom is -0.308 e. The van der Waals surface area contributed by atoms with E-state index in [1.807, 2.05) is 54.6 Å². The van der Waals surface area contributed by atoms with Crippen molar-refractivity contribution in [1.29, 1.82) is 0 Å². The van der Waals surface area contributed by atoms with Crippen LogP contribution in [0.15, 0.2) is 60.8 Å². The smallest absolute Gasteiger partial charge is 0.308 e. The van der Waals surface area contributed by atoms with Crippen molar-refractivity contribution in [3.8, 4) is 10.6 Å². The standard InChI is InChI=1S/C22H21N5OS/c1-14(2)13-15-7-9-16(10-8-15)24-21(28)25-22-27-26-20(29-22)18-11-12-23-19-6-4-3-5-17(18)19/h3-12,14H,13H2,1-2H3,(H2,24,25,27,28). The van der Waals surface area contributed by atoms with Crippen LogP contribution in [0, 0.1) is 5.92 Å². The number of nitrogens with one attached hydrogen (secondary N) is 2. The molecule has 2 N–H and O–H groups in total. The Kier molecular flexibility index (Phi) is 5.48. The largest absolute Gasteiger partial charge is 0.325 e. The third-order valence-electron chi connectivity index (χ3n) is 4.38. The van der Waals surface area contributed by atoms with Crippen molar-refractivity contribution in [3.63, 3.8) is 0 Å². The molecule has 0 saturated carbocycles. The van der Waals surface area contributed by atoms with Crippen molar-refractivity contribution in [2.24, 2.45) is 5.92 Å². The second kappa shape index (κ2) is 8.36. The number of fused-ring (bicyclic) bond motifs is 1. The lowest BCUT2D eigenvalue weighted by molar-refractivity contribution is 0.262. The molecular weight excluding hydrogens is 382 g/mol. The molecule has 0 radical (unpaired) electrons. The van der Waals surface area contributed by atoms with E-state index in [0.717, 1.165) is 33.6 Å². The number of aromatic nitrogens is 3. The number of carbonyl (C=O) groups excluding carboxylic acids is 1. The monoisotopic (exact) mass is 403 g/mol. The third-order valence-corrected chi connectivity index (χ3v) is 5.25. The van der Waals surface area contributed by atoms with Gasteiger partial charge in [0, 0.05) is 22.8 Å². The van der Waals surface area contributed by atoms with Gasteiger partial charge in [-0.25, -0.2) is 4.79 Å². The summed E-state index contributed by atoms with van der Waals surface area (Å²) in [5, 5.41) is 16.1. The number of urea groups is 1. The normalized spacial score (nSPS) is 11.0. The zero-order valence-corrected chi connectivity index (χ0v) is 17.0. The Morgan fingerprint density at radius 1 is 1.00 bits per heavy atom. The summed E-state index contributed by atoms with van der Waals surface area (Å²) < 4.78 is 0. The summed E-state index contributed by atoms with van der Waals surface area (Å²) in [5.41, 5.74) is 3.83. The molecule has 0 aliphatic carbocycles. The lowest BCUT2D eigenvalue weighted by atomic mass is 10.0. The van der Waals surface area contributed by atoms with Gasteiger partial charge in [-0.2, -0.15) is 0 Å². The van der Waals surface area contributed by atoms with E-state index in [0.29, 0.717) is 11.0 Å². The fraction of sp³-hybridized carbons (Fsp3) is 0.182. The minimum atomic E-state index is -0.344. The minimum absolute atomic E-state index is 0.344. The van der Waals surface area contributed by atoms with Crippen LogP contribution in [-0.4, -0.2) is 21.2 Å². The Bertz CT molecular complexity index is 1130. The van der Waals surface area contributed by atoms with Crippen LogP contribution in [0.5, 0.6) is 0 Å². The first kappa shape index (κ1) is 19.0. The van der Waals surface area contributed by atoms with Crippen LogP contribution in [0.25, 0.3) is 21.5 Å². The van der Waals surface area contributed by atoms with Gasteiger partial charge in [0.25, 0.3) is 0 Å². The molecule has 0 fully saturated rings. The summed E-state index contributed by atoms with van der Waals surface area (Å²) in [4.78, 5) is 16.7. The highest BCUT2D eigenvalue weighted by Gasteiger charge is 2.12. The third kappa shape index (κ3) is 4.57. The van der Waals surface area contributed by atoms with E-state index in [1.54, 1.807) is 6.20 Å². The number of para-hydroxylation sites is 1. The number of pyridine rings is 1. The van der Waals surface area contributed by atoms with Crippen LogP contribution in [-0.2, 0) is 6.42 Å². The highest BCUT2D eigenvalue weighted by atomic mass is 32.1. The van der Waals surface area contributed by atoms with Gasteiger partial charge in [-0.15, -0.1) is 10.2 Å². The Morgan fingerprint density at radius 2 is 1.79 bits per heavy atom. The van der Waals surface area contributed by atoms with E-state index in [4.69, 9.17) is 0 Å². The maximum absolute atomic E-state index is 12.3. The Morgan fingerprint density at radius 3 is 2.59 bits per heavy atom.